The minimum Gasteiger partial charge on any atom is -0.491 e. The molecule has 0 spiro atoms. The smallest absolute Gasteiger partial charge is 0.163 e. The first-order valence-electron chi connectivity index (χ1n) is 10.9. The molecule has 2 aromatic carbocycles. The SMILES string of the molecule is C#Cc1ccc(C(CC)(CC)c2ccc(OC[C@@H]3COC(C)(C)O3)c(C)c2)cc1C. The summed E-state index contributed by atoms with van der Waals surface area (Å²) in [5, 5.41) is 0. The van der Waals surface area contributed by atoms with Crippen LogP contribution in [0.5, 0.6) is 5.75 Å². The third-order valence-electron chi connectivity index (χ3n) is 6.36. The second kappa shape index (κ2) is 8.84. The number of aryl methyl sites for hydroxylation is 2. The molecule has 1 atom stereocenters. The fourth-order valence-electron chi connectivity index (χ4n) is 4.49. The van der Waals surface area contributed by atoms with Crippen LogP contribution in [0.3, 0.4) is 0 Å². The molecular weight excluding hydrogens is 372 g/mol. The Bertz CT molecular complexity index is 932. The Morgan fingerprint density at radius 3 is 2.20 bits per heavy atom. The molecule has 1 fully saturated rings. The number of ether oxygens (including phenoxy) is 3. The molecule has 30 heavy (non-hydrogen) atoms. The second-order valence-electron chi connectivity index (χ2n) is 8.71. The maximum atomic E-state index is 6.08. The third kappa shape index (κ3) is 4.41. The quantitative estimate of drug-likeness (QED) is 0.534. The average Bonchev–Trinajstić information content (AvgIpc) is 3.07. The lowest BCUT2D eigenvalue weighted by Gasteiger charge is -2.34. The van der Waals surface area contributed by atoms with Gasteiger partial charge >= 0.3 is 0 Å². The Balaban J connectivity index is 1.85. The first kappa shape index (κ1) is 22.4. The summed E-state index contributed by atoms with van der Waals surface area (Å²) in [5.74, 6) is 3.14. The molecule has 0 radical (unpaired) electrons. The number of rotatable bonds is 7. The number of hydrogen-bond acceptors (Lipinski definition) is 3. The van der Waals surface area contributed by atoms with Crippen LogP contribution in [0.1, 0.15) is 68.4 Å². The van der Waals surface area contributed by atoms with Gasteiger partial charge < -0.3 is 14.2 Å². The second-order valence-corrected chi connectivity index (χ2v) is 8.71. The van der Waals surface area contributed by atoms with Crippen LogP contribution in [0.4, 0.5) is 0 Å². The maximum absolute atomic E-state index is 6.08. The van der Waals surface area contributed by atoms with E-state index in [2.05, 4.69) is 70.0 Å². The Hall–Kier alpha value is -2.28. The highest BCUT2D eigenvalue weighted by Crippen LogP contribution is 2.41. The van der Waals surface area contributed by atoms with Crippen molar-refractivity contribution in [2.24, 2.45) is 0 Å². The Kier molecular flexibility index (Phi) is 6.60. The van der Waals surface area contributed by atoms with Gasteiger partial charge in [0.05, 0.1) is 6.61 Å². The Morgan fingerprint density at radius 1 is 1.07 bits per heavy atom. The van der Waals surface area contributed by atoms with E-state index < -0.39 is 5.79 Å². The molecule has 0 aliphatic carbocycles. The normalized spacial score (nSPS) is 18.2. The predicted octanol–water partition coefficient (Wildman–Crippen LogP) is 5.92. The van der Waals surface area contributed by atoms with Crippen molar-refractivity contribution in [3.05, 3.63) is 64.2 Å². The number of benzene rings is 2. The van der Waals surface area contributed by atoms with E-state index in [-0.39, 0.29) is 11.5 Å². The van der Waals surface area contributed by atoms with E-state index in [0.29, 0.717) is 13.2 Å². The van der Waals surface area contributed by atoms with Crippen molar-refractivity contribution in [2.45, 2.75) is 71.7 Å². The van der Waals surface area contributed by atoms with Crippen molar-refractivity contribution in [1.29, 1.82) is 0 Å². The Morgan fingerprint density at radius 2 is 1.70 bits per heavy atom. The van der Waals surface area contributed by atoms with Gasteiger partial charge in [-0.15, -0.1) is 6.42 Å². The van der Waals surface area contributed by atoms with Gasteiger partial charge in [-0.1, -0.05) is 44.0 Å². The molecule has 2 aromatic rings. The summed E-state index contributed by atoms with van der Waals surface area (Å²) >= 11 is 0. The molecule has 1 saturated heterocycles. The molecule has 0 saturated carbocycles. The lowest BCUT2D eigenvalue weighted by atomic mass is 9.70. The minimum atomic E-state index is -0.526. The zero-order valence-electron chi connectivity index (χ0n) is 19.2. The highest BCUT2D eigenvalue weighted by molar-refractivity contribution is 5.49. The van der Waals surface area contributed by atoms with Gasteiger partial charge in [0.2, 0.25) is 0 Å². The minimum absolute atomic E-state index is 0.0397. The van der Waals surface area contributed by atoms with E-state index in [0.717, 1.165) is 35.3 Å². The van der Waals surface area contributed by atoms with E-state index in [1.807, 2.05) is 13.8 Å². The largest absolute Gasteiger partial charge is 0.491 e. The van der Waals surface area contributed by atoms with Crippen molar-refractivity contribution in [2.75, 3.05) is 13.2 Å². The van der Waals surface area contributed by atoms with Gasteiger partial charge in [0.1, 0.15) is 18.5 Å². The molecular formula is C27H34O3. The van der Waals surface area contributed by atoms with E-state index in [1.165, 1.54) is 11.1 Å². The van der Waals surface area contributed by atoms with Crippen LogP contribution in [0.15, 0.2) is 36.4 Å². The van der Waals surface area contributed by atoms with E-state index >= 15 is 0 Å². The molecule has 0 aromatic heterocycles. The summed E-state index contributed by atoms with van der Waals surface area (Å²) in [6, 6.07) is 13.1. The molecule has 1 heterocycles. The van der Waals surface area contributed by atoms with Crippen LogP contribution in [-0.4, -0.2) is 25.1 Å². The third-order valence-corrected chi connectivity index (χ3v) is 6.36. The van der Waals surface area contributed by atoms with Crippen molar-refractivity contribution >= 4 is 0 Å². The number of terminal acetylenes is 1. The van der Waals surface area contributed by atoms with E-state index in [9.17, 15) is 0 Å². The first-order chi connectivity index (χ1) is 14.2. The van der Waals surface area contributed by atoms with Crippen molar-refractivity contribution in [1.82, 2.24) is 0 Å². The van der Waals surface area contributed by atoms with E-state index in [1.54, 1.807) is 0 Å². The molecule has 3 nitrogen and oxygen atoms in total. The summed E-state index contributed by atoms with van der Waals surface area (Å²) in [5.41, 5.74) is 5.82. The molecule has 0 bridgehead atoms. The summed E-state index contributed by atoms with van der Waals surface area (Å²) in [6.45, 7) is 13.6. The van der Waals surface area contributed by atoms with Gasteiger partial charge in [0, 0.05) is 11.0 Å². The molecule has 0 amide bonds. The van der Waals surface area contributed by atoms with Crippen LogP contribution >= 0.6 is 0 Å². The lowest BCUT2D eigenvalue weighted by Crippen LogP contribution is -2.27. The molecule has 0 N–H and O–H groups in total. The lowest BCUT2D eigenvalue weighted by molar-refractivity contribution is -0.141. The molecule has 0 unspecified atom stereocenters. The number of hydrogen-bond donors (Lipinski definition) is 0. The highest BCUT2D eigenvalue weighted by atomic mass is 16.7. The maximum Gasteiger partial charge on any atom is 0.163 e. The van der Waals surface area contributed by atoms with E-state index in [4.69, 9.17) is 20.6 Å². The molecule has 3 rings (SSSR count). The molecule has 160 valence electrons. The van der Waals surface area contributed by atoms with Crippen LogP contribution < -0.4 is 4.74 Å². The summed E-state index contributed by atoms with van der Waals surface area (Å²) in [6.07, 6.45) is 7.62. The fourth-order valence-corrected chi connectivity index (χ4v) is 4.49. The van der Waals surface area contributed by atoms with Crippen molar-refractivity contribution < 1.29 is 14.2 Å². The predicted molar refractivity (Wildman–Crippen MR) is 122 cm³/mol. The van der Waals surface area contributed by atoms with Gasteiger partial charge in [-0.3, -0.25) is 0 Å². The zero-order valence-corrected chi connectivity index (χ0v) is 19.2. The highest BCUT2D eigenvalue weighted by Gasteiger charge is 2.34. The van der Waals surface area contributed by atoms with Gasteiger partial charge in [-0.2, -0.15) is 0 Å². The Labute approximate surface area is 181 Å². The van der Waals surface area contributed by atoms with Gasteiger partial charge in [-0.05, 0) is 74.9 Å². The standard InChI is InChI=1S/C27H34O3/c1-8-21-11-12-22(15-19(21)4)27(9-2,10-3)23-13-14-25(20(5)16-23)28-17-24-18-29-26(6,7)30-24/h1,11-16,24H,9-10,17-18H2,2-7H3/t24-/m1/s1. The fraction of sp³-hybridized carbons (Fsp3) is 0.481. The zero-order chi connectivity index (χ0) is 21.9. The molecule has 1 aliphatic rings. The monoisotopic (exact) mass is 406 g/mol. The molecule has 1 aliphatic heterocycles. The van der Waals surface area contributed by atoms with Crippen LogP contribution in [0, 0.1) is 26.2 Å². The topological polar surface area (TPSA) is 27.7 Å². The van der Waals surface area contributed by atoms with Crippen LogP contribution in [0.2, 0.25) is 0 Å². The van der Waals surface area contributed by atoms with Gasteiger partial charge in [0.25, 0.3) is 0 Å². The molecule has 3 heteroatoms. The van der Waals surface area contributed by atoms with Gasteiger partial charge in [0.15, 0.2) is 5.79 Å². The first-order valence-corrected chi connectivity index (χ1v) is 10.9. The summed E-state index contributed by atoms with van der Waals surface area (Å²) in [7, 11) is 0. The van der Waals surface area contributed by atoms with Crippen molar-refractivity contribution in [3.63, 3.8) is 0 Å². The van der Waals surface area contributed by atoms with Crippen molar-refractivity contribution in [3.8, 4) is 18.1 Å². The summed E-state index contributed by atoms with van der Waals surface area (Å²) < 4.78 is 17.6. The average molecular weight is 407 g/mol. The van der Waals surface area contributed by atoms with Crippen LogP contribution in [0.25, 0.3) is 0 Å². The van der Waals surface area contributed by atoms with Gasteiger partial charge in [-0.25, -0.2) is 0 Å². The summed E-state index contributed by atoms with van der Waals surface area (Å²) in [4.78, 5) is 0. The van der Waals surface area contributed by atoms with Crippen LogP contribution in [-0.2, 0) is 14.9 Å².